The van der Waals surface area contributed by atoms with E-state index in [-0.39, 0.29) is 5.91 Å². The fourth-order valence-electron chi connectivity index (χ4n) is 1.92. The minimum atomic E-state index is -0.107. The summed E-state index contributed by atoms with van der Waals surface area (Å²) in [4.78, 5) is 24.9. The summed E-state index contributed by atoms with van der Waals surface area (Å²) in [5, 5.41) is 2.88. The Kier molecular flexibility index (Phi) is 5.09. The lowest BCUT2D eigenvalue weighted by molar-refractivity contribution is 0.0951. The monoisotopic (exact) mass is 251 g/mol. The number of rotatable bonds is 6. The number of carbonyl (C=O) groups excluding carboxylic acids is 2. The molecule has 0 aliphatic rings. The maximum Gasteiger partial charge on any atom is 0.253 e. The van der Waals surface area contributed by atoms with E-state index >= 15 is 0 Å². The quantitative estimate of drug-likeness (QED) is 0.601. The summed E-state index contributed by atoms with van der Waals surface area (Å²) in [5.41, 5.74) is 2.12. The van der Waals surface area contributed by atoms with Gasteiger partial charge in [-0.25, -0.2) is 0 Å². The second kappa shape index (κ2) is 6.35. The molecule has 5 heteroatoms. The topological polar surface area (TPSA) is 54.3 Å². The van der Waals surface area contributed by atoms with Gasteiger partial charge >= 0.3 is 0 Å². The normalized spacial score (nSPS) is 10.7. The van der Waals surface area contributed by atoms with E-state index in [0.29, 0.717) is 24.2 Å². The lowest BCUT2D eigenvalue weighted by Crippen LogP contribution is -2.28. The highest BCUT2D eigenvalue weighted by Gasteiger charge is 2.16. The first kappa shape index (κ1) is 14.4. The molecule has 0 spiro atoms. The molecule has 1 amide bonds. The van der Waals surface area contributed by atoms with E-state index in [4.69, 9.17) is 0 Å². The Bertz CT molecular complexity index is 436. The highest BCUT2D eigenvalue weighted by molar-refractivity contribution is 5.97. The second-order valence-corrected chi connectivity index (χ2v) is 4.70. The van der Waals surface area contributed by atoms with Gasteiger partial charge in [0.25, 0.3) is 5.91 Å². The first-order valence-corrected chi connectivity index (χ1v) is 6.03. The van der Waals surface area contributed by atoms with Gasteiger partial charge in [0.15, 0.2) is 0 Å². The van der Waals surface area contributed by atoms with Crippen LogP contribution in [0.15, 0.2) is 6.20 Å². The summed E-state index contributed by atoms with van der Waals surface area (Å²) in [6.07, 6.45) is 3.30. The Morgan fingerprint density at radius 2 is 2.11 bits per heavy atom. The van der Waals surface area contributed by atoms with Crippen LogP contribution in [0.25, 0.3) is 0 Å². The van der Waals surface area contributed by atoms with Gasteiger partial charge in [-0.05, 0) is 46.5 Å². The zero-order valence-electron chi connectivity index (χ0n) is 11.5. The molecule has 0 saturated heterocycles. The van der Waals surface area contributed by atoms with Crippen molar-refractivity contribution in [3.8, 4) is 0 Å². The average molecular weight is 251 g/mol. The van der Waals surface area contributed by atoms with Crippen LogP contribution in [-0.4, -0.2) is 49.0 Å². The zero-order valence-corrected chi connectivity index (χ0v) is 11.5. The molecule has 1 N–H and O–H groups in total. The summed E-state index contributed by atoms with van der Waals surface area (Å²) >= 11 is 0. The largest absolute Gasteiger partial charge is 0.352 e. The van der Waals surface area contributed by atoms with Crippen LogP contribution in [0, 0.1) is 13.8 Å². The maximum absolute atomic E-state index is 12.0. The van der Waals surface area contributed by atoms with Crippen LogP contribution in [-0.2, 0) is 4.79 Å². The molecule has 0 aliphatic carbocycles. The van der Waals surface area contributed by atoms with Gasteiger partial charge in [0.1, 0.15) is 0 Å². The van der Waals surface area contributed by atoms with Crippen molar-refractivity contribution in [2.24, 2.45) is 0 Å². The summed E-state index contributed by atoms with van der Waals surface area (Å²) < 4.78 is 1.43. The predicted octanol–water partition coefficient (Wildman–Crippen LogP) is 0.825. The summed E-state index contributed by atoms with van der Waals surface area (Å²) in [7, 11) is 4.00. The SMILES string of the molecule is Cc1cn(C=O)c(C)c1C(=O)NCCCN(C)C. The number of nitrogens with zero attached hydrogens (tertiary/aromatic N) is 2. The second-order valence-electron chi connectivity index (χ2n) is 4.70. The van der Waals surface area contributed by atoms with Gasteiger partial charge < -0.3 is 10.2 Å². The van der Waals surface area contributed by atoms with Crippen LogP contribution in [0.1, 0.15) is 28.0 Å². The molecule has 1 heterocycles. The van der Waals surface area contributed by atoms with E-state index in [0.717, 1.165) is 18.5 Å². The third kappa shape index (κ3) is 3.43. The van der Waals surface area contributed by atoms with Crippen molar-refractivity contribution in [2.75, 3.05) is 27.2 Å². The smallest absolute Gasteiger partial charge is 0.253 e. The number of hydrogen-bond donors (Lipinski definition) is 1. The molecule has 18 heavy (non-hydrogen) atoms. The lowest BCUT2D eigenvalue weighted by atomic mass is 10.1. The molecule has 1 aromatic heterocycles. The fourth-order valence-corrected chi connectivity index (χ4v) is 1.92. The van der Waals surface area contributed by atoms with Gasteiger partial charge in [-0.3, -0.25) is 14.2 Å². The molecule has 0 saturated carbocycles. The molecule has 1 rings (SSSR count). The summed E-state index contributed by atoms with van der Waals surface area (Å²) in [5.74, 6) is -0.107. The van der Waals surface area contributed by atoms with Crippen molar-refractivity contribution >= 4 is 12.3 Å². The molecule has 5 nitrogen and oxygen atoms in total. The molecular weight excluding hydrogens is 230 g/mol. The van der Waals surface area contributed by atoms with Crippen LogP contribution >= 0.6 is 0 Å². The third-order valence-electron chi connectivity index (χ3n) is 2.88. The molecule has 0 atom stereocenters. The maximum atomic E-state index is 12.0. The van der Waals surface area contributed by atoms with Crippen molar-refractivity contribution in [2.45, 2.75) is 20.3 Å². The number of hydrogen-bond acceptors (Lipinski definition) is 3. The fraction of sp³-hybridized carbons (Fsp3) is 0.538. The predicted molar refractivity (Wildman–Crippen MR) is 71.6 cm³/mol. The Morgan fingerprint density at radius 3 is 2.61 bits per heavy atom. The van der Waals surface area contributed by atoms with E-state index < -0.39 is 0 Å². The first-order valence-electron chi connectivity index (χ1n) is 6.03. The molecule has 1 aromatic rings. The molecular formula is C13H21N3O2. The van der Waals surface area contributed by atoms with Crippen LogP contribution < -0.4 is 5.32 Å². The van der Waals surface area contributed by atoms with Crippen molar-refractivity contribution < 1.29 is 9.59 Å². The lowest BCUT2D eigenvalue weighted by Gasteiger charge is -2.10. The van der Waals surface area contributed by atoms with Gasteiger partial charge in [-0.15, -0.1) is 0 Å². The van der Waals surface area contributed by atoms with Gasteiger partial charge in [-0.1, -0.05) is 0 Å². The number of nitrogens with one attached hydrogen (secondary N) is 1. The number of aryl methyl sites for hydroxylation is 1. The first-order chi connectivity index (χ1) is 8.47. The van der Waals surface area contributed by atoms with E-state index in [1.54, 1.807) is 13.1 Å². The zero-order chi connectivity index (χ0) is 13.7. The number of carbonyl (C=O) groups is 2. The third-order valence-corrected chi connectivity index (χ3v) is 2.88. The molecule has 0 aliphatic heterocycles. The van der Waals surface area contributed by atoms with Gasteiger partial charge in [0.05, 0.1) is 5.56 Å². The van der Waals surface area contributed by atoms with E-state index in [9.17, 15) is 9.59 Å². The van der Waals surface area contributed by atoms with Gasteiger partial charge in [0.2, 0.25) is 6.41 Å². The minimum absolute atomic E-state index is 0.107. The van der Waals surface area contributed by atoms with Crippen molar-refractivity contribution in [1.82, 2.24) is 14.8 Å². The number of amides is 1. The Labute approximate surface area is 108 Å². The highest BCUT2D eigenvalue weighted by Crippen LogP contribution is 2.14. The van der Waals surface area contributed by atoms with Crippen LogP contribution in [0.4, 0.5) is 0 Å². The molecule has 100 valence electrons. The molecule has 0 unspecified atom stereocenters. The van der Waals surface area contributed by atoms with Crippen molar-refractivity contribution in [1.29, 1.82) is 0 Å². The van der Waals surface area contributed by atoms with Crippen molar-refractivity contribution in [3.05, 3.63) is 23.0 Å². The van der Waals surface area contributed by atoms with Crippen LogP contribution in [0.3, 0.4) is 0 Å². The van der Waals surface area contributed by atoms with Crippen molar-refractivity contribution in [3.63, 3.8) is 0 Å². The summed E-state index contributed by atoms with van der Waals surface area (Å²) in [6, 6.07) is 0. The van der Waals surface area contributed by atoms with E-state index in [2.05, 4.69) is 10.2 Å². The minimum Gasteiger partial charge on any atom is -0.352 e. The Morgan fingerprint density at radius 1 is 1.44 bits per heavy atom. The van der Waals surface area contributed by atoms with E-state index in [1.165, 1.54) is 4.57 Å². The van der Waals surface area contributed by atoms with Crippen LogP contribution in [0.5, 0.6) is 0 Å². The number of aromatic nitrogens is 1. The van der Waals surface area contributed by atoms with Crippen LogP contribution in [0.2, 0.25) is 0 Å². The molecule has 0 radical (unpaired) electrons. The Hall–Kier alpha value is -1.62. The van der Waals surface area contributed by atoms with E-state index in [1.807, 2.05) is 21.0 Å². The molecule has 0 bridgehead atoms. The van der Waals surface area contributed by atoms with Gasteiger partial charge in [0, 0.05) is 18.4 Å². The molecule has 0 fully saturated rings. The highest BCUT2D eigenvalue weighted by atomic mass is 16.2. The Balaban J connectivity index is 2.62. The standard InChI is InChI=1S/C13H21N3O2/c1-10-8-16(9-17)11(2)12(10)13(18)14-6-5-7-15(3)4/h8-9H,5-7H2,1-4H3,(H,14,18). The van der Waals surface area contributed by atoms with Gasteiger partial charge in [-0.2, -0.15) is 0 Å². The molecule has 0 aromatic carbocycles. The summed E-state index contributed by atoms with van der Waals surface area (Å²) in [6.45, 7) is 5.19. The average Bonchev–Trinajstić information content (AvgIpc) is 2.59.